The molecule has 0 radical (unpaired) electrons. The Morgan fingerprint density at radius 3 is 1.26 bits per heavy atom. The highest BCUT2D eigenvalue weighted by atomic mass is 16.6. The molecule has 23 heavy (non-hydrogen) atoms. The van der Waals surface area contributed by atoms with E-state index < -0.39 is 0 Å². The molecule has 2 atom stereocenters. The molecule has 2 saturated heterocycles. The van der Waals surface area contributed by atoms with Gasteiger partial charge in [0.25, 0.3) is 0 Å². The second-order valence-electron chi connectivity index (χ2n) is 6.15. The summed E-state index contributed by atoms with van der Waals surface area (Å²) in [6.45, 7) is 7.92. The van der Waals surface area contributed by atoms with Gasteiger partial charge in [-0.25, -0.2) is 0 Å². The van der Waals surface area contributed by atoms with Gasteiger partial charge in [0.1, 0.15) is 12.2 Å². The summed E-state index contributed by atoms with van der Waals surface area (Å²) in [5.74, 6) is 2.14. The average Bonchev–Trinajstić information content (AvgIpc) is 3.55. The lowest BCUT2D eigenvalue weighted by atomic mass is 9.80. The Kier molecular flexibility index (Phi) is 15.2. The first kappa shape index (κ1) is 22.8. The van der Waals surface area contributed by atoms with Gasteiger partial charge in [0.05, 0.1) is 26.4 Å². The lowest BCUT2D eigenvalue weighted by Crippen LogP contribution is -2.12. The largest absolute Gasteiger partial charge is 0.400 e. The monoisotopic (exact) mass is 334 g/mol. The molecular weight excluding hydrogens is 296 g/mol. The molecule has 1 aliphatic carbocycles. The standard InChI is InChI=1S/C10H20.C6H10O3.2CH4O/c1-3-9-5-7-10(4-2)8-6-9;1(5-3-8-5)7-2-6-4-9-6;2*1-2/h9-10H,3-8H2,1-2H3;5-6H,1-4H2;2*2H,1H3. The molecule has 3 aliphatic rings. The van der Waals surface area contributed by atoms with Gasteiger partial charge in [-0.2, -0.15) is 0 Å². The van der Waals surface area contributed by atoms with Crippen LogP contribution in [0.3, 0.4) is 0 Å². The van der Waals surface area contributed by atoms with Gasteiger partial charge in [0, 0.05) is 14.2 Å². The fourth-order valence-electron chi connectivity index (χ4n) is 2.71. The minimum absolute atomic E-state index is 0.392. The molecule has 2 N–H and O–H groups in total. The first-order valence-corrected chi connectivity index (χ1v) is 9.02. The Labute approximate surface area is 142 Å². The smallest absolute Gasteiger partial charge is 0.104 e. The van der Waals surface area contributed by atoms with Crippen molar-refractivity contribution in [2.45, 2.75) is 64.6 Å². The van der Waals surface area contributed by atoms with Gasteiger partial charge in [-0.05, 0) is 11.8 Å². The summed E-state index contributed by atoms with van der Waals surface area (Å²) in [6.07, 6.45) is 9.65. The second kappa shape index (κ2) is 15.3. The van der Waals surface area contributed by atoms with Gasteiger partial charge >= 0.3 is 0 Å². The Hall–Kier alpha value is -0.200. The SMILES string of the molecule is C(OCC1CO1)C1CO1.CCC1CCC(CC)CC1.CO.CO. The lowest BCUT2D eigenvalue weighted by Gasteiger charge is -2.26. The highest BCUT2D eigenvalue weighted by Gasteiger charge is 2.26. The van der Waals surface area contributed by atoms with Gasteiger partial charge in [-0.15, -0.1) is 0 Å². The van der Waals surface area contributed by atoms with Crippen molar-refractivity contribution in [3.8, 4) is 0 Å². The fraction of sp³-hybridized carbons (Fsp3) is 1.00. The molecule has 3 fully saturated rings. The zero-order valence-electron chi connectivity index (χ0n) is 15.5. The normalized spacial score (nSPS) is 30.5. The number of aliphatic hydroxyl groups excluding tert-OH is 2. The summed E-state index contributed by atoms with van der Waals surface area (Å²) >= 11 is 0. The molecule has 2 heterocycles. The minimum atomic E-state index is 0.392. The lowest BCUT2D eigenvalue weighted by molar-refractivity contribution is 0.102. The summed E-state index contributed by atoms with van der Waals surface area (Å²) in [5, 5.41) is 14.0. The molecule has 0 spiro atoms. The summed E-state index contributed by atoms with van der Waals surface area (Å²) in [7, 11) is 2.00. The van der Waals surface area contributed by atoms with E-state index in [1.54, 1.807) is 0 Å². The minimum Gasteiger partial charge on any atom is -0.400 e. The van der Waals surface area contributed by atoms with Crippen molar-refractivity contribution in [2.75, 3.05) is 40.6 Å². The Bertz CT molecular complexity index is 210. The highest BCUT2D eigenvalue weighted by molar-refractivity contribution is 4.71. The van der Waals surface area contributed by atoms with E-state index in [4.69, 9.17) is 24.4 Å². The van der Waals surface area contributed by atoms with E-state index >= 15 is 0 Å². The van der Waals surface area contributed by atoms with Crippen LogP contribution < -0.4 is 0 Å². The van der Waals surface area contributed by atoms with Crippen LogP contribution in [-0.4, -0.2) is 63.1 Å². The van der Waals surface area contributed by atoms with E-state index in [2.05, 4.69) is 13.8 Å². The van der Waals surface area contributed by atoms with Crippen LogP contribution in [0.15, 0.2) is 0 Å². The molecule has 1 saturated carbocycles. The molecule has 0 aromatic rings. The van der Waals surface area contributed by atoms with Crippen molar-refractivity contribution in [1.82, 2.24) is 0 Å². The quantitative estimate of drug-likeness (QED) is 0.730. The molecule has 5 nitrogen and oxygen atoms in total. The fourth-order valence-corrected chi connectivity index (χ4v) is 2.71. The van der Waals surface area contributed by atoms with Crippen LogP contribution in [0.25, 0.3) is 0 Å². The van der Waals surface area contributed by atoms with E-state index in [9.17, 15) is 0 Å². The van der Waals surface area contributed by atoms with E-state index in [-0.39, 0.29) is 0 Å². The molecule has 2 unspecified atom stereocenters. The molecule has 0 aromatic heterocycles. The third-order valence-corrected chi connectivity index (χ3v) is 4.53. The third kappa shape index (κ3) is 12.8. The maximum atomic E-state index is 7.00. The van der Waals surface area contributed by atoms with Gasteiger partial charge in [0.15, 0.2) is 0 Å². The van der Waals surface area contributed by atoms with Crippen LogP contribution >= 0.6 is 0 Å². The Balaban J connectivity index is 0.000000347. The summed E-state index contributed by atoms with van der Waals surface area (Å²) in [4.78, 5) is 0. The molecule has 0 aromatic carbocycles. The van der Waals surface area contributed by atoms with Crippen LogP contribution in [0, 0.1) is 11.8 Å². The number of hydrogen-bond acceptors (Lipinski definition) is 5. The first-order chi connectivity index (χ1) is 11.3. The predicted molar refractivity (Wildman–Crippen MR) is 92.6 cm³/mol. The maximum absolute atomic E-state index is 7.00. The van der Waals surface area contributed by atoms with Crippen molar-refractivity contribution in [3.05, 3.63) is 0 Å². The maximum Gasteiger partial charge on any atom is 0.104 e. The zero-order valence-corrected chi connectivity index (χ0v) is 15.5. The zero-order chi connectivity index (χ0) is 17.5. The number of hydrogen-bond donors (Lipinski definition) is 2. The van der Waals surface area contributed by atoms with E-state index in [1.165, 1.54) is 38.5 Å². The van der Waals surface area contributed by atoms with E-state index in [0.717, 1.165) is 52.5 Å². The summed E-state index contributed by atoms with van der Waals surface area (Å²) in [5.41, 5.74) is 0. The number of rotatable bonds is 6. The van der Waals surface area contributed by atoms with Crippen LogP contribution in [0.5, 0.6) is 0 Å². The van der Waals surface area contributed by atoms with Crippen molar-refractivity contribution >= 4 is 0 Å². The molecule has 2 aliphatic heterocycles. The molecule has 140 valence electrons. The van der Waals surface area contributed by atoms with Crippen LogP contribution in [-0.2, 0) is 14.2 Å². The topological polar surface area (TPSA) is 74.8 Å². The molecular formula is C18H38O5. The van der Waals surface area contributed by atoms with Crippen molar-refractivity contribution < 1.29 is 24.4 Å². The van der Waals surface area contributed by atoms with Gasteiger partial charge in [-0.3, -0.25) is 0 Å². The number of ether oxygens (including phenoxy) is 3. The number of epoxide rings is 2. The highest BCUT2D eigenvalue weighted by Crippen LogP contribution is 2.31. The average molecular weight is 334 g/mol. The van der Waals surface area contributed by atoms with Crippen molar-refractivity contribution in [3.63, 3.8) is 0 Å². The van der Waals surface area contributed by atoms with Crippen LogP contribution in [0.1, 0.15) is 52.4 Å². The third-order valence-electron chi connectivity index (χ3n) is 4.53. The van der Waals surface area contributed by atoms with Gasteiger partial charge in [0.2, 0.25) is 0 Å². The van der Waals surface area contributed by atoms with Gasteiger partial charge < -0.3 is 24.4 Å². The predicted octanol–water partition coefficient (Wildman–Crippen LogP) is 2.63. The van der Waals surface area contributed by atoms with Crippen molar-refractivity contribution in [1.29, 1.82) is 0 Å². The molecule has 5 heteroatoms. The summed E-state index contributed by atoms with van der Waals surface area (Å²) in [6, 6.07) is 0. The summed E-state index contributed by atoms with van der Waals surface area (Å²) < 4.78 is 15.1. The van der Waals surface area contributed by atoms with Crippen molar-refractivity contribution in [2.24, 2.45) is 11.8 Å². The van der Waals surface area contributed by atoms with E-state index in [1.807, 2.05) is 0 Å². The van der Waals surface area contributed by atoms with Crippen LogP contribution in [0.4, 0.5) is 0 Å². The molecule has 0 amide bonds. The first-order valence-electron chi connectivity index (χ1n) is 9.02. The second-order valence-corrected chi connectivity index (χ2v) is 6.15. The Morgan fingerprint density at radius 1 is 0.739 bits per heavy atom. The van der Waals surface area contributed by atoms with Crippen LogP contribution in [0.2, 0.25) is 0 Å². The van der Waals surface area contributed by atoms with Gasteiger partial charge in [-0.1, -0.05) is 52.4 Å². The van der Waals surface area contributed by atoms with E-state index in [0.29, 0.717) is 12.2 Å². The molecule has 0 bridgehead atoms. The molecule has 3 rings (SSSR count). The number of aliphatic hydroxyl groups is 2. The Morgan fingerprint density at radius 2 is 1.04 bits per heavy atom.